The van der Waals surface area contributed by atoms with E-state index in [2.05, 4.69) is 104 Å². The molecule has 128 valence electrons. The molecule has 1 heterocycles. The van der Waals surface area contributed by atoms with E-state index in [1.54, 1.807) is 0 Å². The lowest BCUT2D eigenvalue weighted by atomic mass is 9.84. The van der Waals surface area contributed by atoms with Crippen molar-refractivity contribution < 1.29 is 4.57 Å². The zero-order valence-electron chi connectivity index (χ0n) is 15.3. The summed E-state index contributed by atoms with van der Waals surface area (Å²) in [6.07, 6.45) is 6.62. The van der Waals surface area contributed by atoms with Gasteiger partial charge in [-0.05, 0) is 35.8 Å². The van der Waals surface area contributed by atoms with Gasteiger partial charge in [0.15, 0.2) is 18.9 Å². The van der Waals surface area contributed by atoms with E-state index in [1.165, 1.54) is 29.5 Å². The maximum Gasteiger partial charge on any atom is 0.173 e. The average Bonchev–Trinajstić information content (AvgIpc) is 2.68. The Labute approximate surface area is 152 Å². The van der Waals surface area contributed by atoms with Crippen LogP contribution in [0.1, 0.15) is 55.2 Å². The van der Waals surface area contributed by atoms with Gasteiger partial charge in [0.2, 0.25) is 0 Å². The molecule has 2 atom stereocenters. The van der Waals surface area contributed by atoms with Crippen LogP contribution in [-0.4, -0.2) is 0 Å². The van der Waals surface area contributed by atoms with Crippen molar-refractivity contribution in [1.82, 2.24) is 0 Å². The SMILES string of the molecule is CCC(CC(C)c1ccc(C[n+]2ccccc2)cc1)c1ccccc1. The summed E-state index contributed by atoms with van der Waals surface area (Å²) in [7, 11) is 0. The van der Waals surface area contributed by atoms with Gasteiger partial charge < -0.3 is 0 Å². The summed E-state index contributed by atoms with van der Waals surface area (Å²) in [5.41, 5.74) is 4.26. The Bertz CT molecular complexity index is 747. The Morgan fingerprint density at radius 3 is 2.04 bits per heavy atom. The van der Waals surface area contributed by atoms with Crippen LogP contribution in [0.25, 0.3) is 0 Å². The first kappa shape index (κ1) is 17.4. The lowest BCUT2D eigenvalue weighted by Gasteiger charge is -2.20. The molecule has 0 N–H and O–H groups in total. The first-order valence-corrected chi connectivity index (χ1v) is 9.34. The van der Waals surface area contributed by atoms with Crippen LogP contribution in [0.3, 0.4) is 0 Å². The zero-order chi connectivity index (χ0) is 17.5. The van der Waals surface area contributed by atoms with Gasteiger partial charge in [-0.3, -0.25) is 0 Å². The minimum Gasteiger partial charge on any atom is -0.201 e. The van der Waals surface area contributed by atoms with E-state index < -0.39 is 0 Å². The third kappa shape index (κ3) is 4.79. The van der Waals surface area contributed by atoms with Crippen LogP contribution in [-0.2, 0) is 6.54 Å². The van der Waals surface area contributed by atoms with Crippen LogP contribution in [0.2, 0.25) is 0 Å². The van der Waals surface area contributed by atoms with Gasteiger partial charge in [-0.1, -0.05) is 74.5 Å². The highest BCUT2D eigenvalue weighted by atomic mass is 14.9. The summed E-state index contributed by atoms with van der Waals surface area (Å²) in [5.74, 6) is 1.21. The quantitative estimate of drug-likeness (QED) is 0.489. The number of hydrogen-bond donors (Lipinski definition) is 0. The van der Waals surface area contributed by atoms with Crippen LogP contribution >= 0.6 is 0 Å². The molecule has 0 fully saturated rings. The summed E-state index contributed by atoms with van der Waals surface area (Å²) < 4.78 is 2.21. The molecule has 3 aromatic rings. The number of hydrogen-bond acceptors (Lipinski definition) is 0. The van der Waals surface area contributed by atoms with Crippen molar-refractivity contribution in [2.45, 2.75) is 45.1 Å². The number of benzene rings is 2. The number of aromatic nitrogens is 1. The molecule has 0 aliphatic rings. The number of nitrogens with zero attached hydrogens (tertiary/aromatic N) is 1. The average molecular weight is 330 g/mol. The Morgan fingerprint density at radius 2 is 1.40 bits per heavy atom. The largest absolute Gasteiger partial charge is 0.201 e. The second-order valence-corrected chi connectivity index (χ2v) is 6.94. The molecule has 25 heavy (non-hydrogen) atoms. The van der Waals surface area contributed by atoms with E-state index in [0.717, 1.165) is 6.54 Å². The van der Waals surface area contributed by atoms with Crippen LogP contribution in [0.15, 0.2) is 85.2 Å². The van der Waals surface area contributed by atoms with Gasteiger partial charge in [0.25, 0.3) is 0 Å². The molecule has 0 aliphatic heterocycles. The minimum atomic E-state index is 0.573. The zero-order valence-corrected chi connectivity index (χ0v) is 15.3. The van der Waals surface area contributed by atoms with Crippen molar-refractivity contribution in [3.63, 3.8) is 0 Å². The highest BCUT2D eigenvalue weighted by Crippen LogP contribution is 2.31. The molecule has 3 rings (SSSR count). The Morgan fingerprint density at radius 1 is 0.760 bits per heavy atom. The molecule has 0 spiro atoms. The minimum absolute atomic E-state index is 0.573. The lowest BCUT2D eigenvalue weighted by Crippen LogP contribution is -2.32. The third-order valence-electron chi connectivity index (χ3n) is 5.09. The van der Waals surface area contributed by atoms with Crippen molar-refractivity contribution >= 4 is 0 Å². The highest BCUT2D eigenvalue weighted by Gasteiger charge is 2.15. The normalized spacial score (nSPS) is 13.4. The second kappa shape index (κ2) is 8.62. The molecule has 0 saturated carbocycles. The molecule has 0 amide bonds. The van der Waals surface area contributed by atoms with Crippen molar-refractivity contribution in [3.8, 4) is 0 Å². The van der Waals surface area contributed by atoms with Crippen LogP contribution in [0, 0.1) is 0 Å². The maximum atomic E-state index is 2.35. The molecular formula is C24H28N+. The lowest BCUT2D eigenvalue weighted by molar-refractivity contribution is -0.688. The molecule has 0 radical (unpaired) electrons. The maximum absolute atomic E-state index is 2.35. The van der Waals surface area contributed by atoms with Crippen molar-refractivity contribution in [2.24, 2.45) is 0 Å². The predicted octanol–water partition coefficient (Wildman–Crippen LogP) is 5.71. The van der Waals surface area contributed by atoms with Gasteiger partial charge >= 0.3 is 0 Å². The highest BCUT2D eigenvalue weighted by molar-refractivity contribution is 5.26. The first-order chi connectivity index (χ1) is 12.3. The molecule has 0 saturated heterocycles. The fourth-order valence-electron chi connectivity index (χ4n) is 3.53. The van der Waals surface area contributed by atoms with Crippen LogP contribution in [0.5, 0.6) is 0 Å². The fraction of sp³-hybridized carbons (Fsp3) is 0.292. The standard InChI is InChI=1S/C24H28N/c1-3-22(24-10-6-4-7-11-24)18-20(2)23-14-12-21(13-15-23)19-25-16-8-5-9-17-25/h4-17,20,22H,3,18-19H2,1-2H3/q+1. The fourth-order valence-corrected chi connectivity index (χ4v) is 3.53. The van der Waals surface area contributed by atoms with Gasteiger partial charge in [-0.15, -0.1) is 0 Å². The van der Waals surface area contributed by atoms with Gasteiger partial charge in [0.05, 0.1) is 0 Å². The summed E-state index contributed by atoms with van der Waals surface area (Å²) in [4.78, 5) is 0. The monoisotopic (exact) mass is 330 g/mol. The van der Waals surface area contributed by atoms with Crippen molar-refractivity contribution in [1.29, 1.82) is 0 Å². The predicted molar refractivity (Wildman–Crippen MR) is 105 cm³/mol. The summed E-state index contributed by atoms with van der Waals surface area (Å²) >= 11 is 0. The van der Waals surface area contributed by atoms with E-state index >= 15 is 0 Å². The molecule has 2 aromatic carbocycles. The van der Waals surface area contributed by atoms with E-state index in [0.29, 0.717) is 11.8 Å². The second-order valence-electron chi connectivity index (χ2n) is 6.94. The van der Waals surface area contributed by atoms with E-state index in [9.17, 15) is 0 Å². The molecule has 1 nitrogen and oxygen atoms in total. The van der Waals surface area contributed by atoms with E-state index in [-0.39, 0.29) is 0 Å². The molecule has 2 unspecified atom stereocenters. The van der Waals surface area contributed by atoms with E-state index in [4.69, 9.17) is 0 Å². The smallest absolute Gasteiger partial charge is 0.173 e. The topological polar surface area (TPSA) is 3.88 Å². The van der Waals surface area contributed by atoms with Gasteiger partial charge in [-0.2, -0.15) is 0 Å². The Kier molecular flexibility index (Phi) is 6.00. The third-order valence-corrected chi connectivity index (χ3v) is 5.09. The number of rotatable bonds is 7. The summed E-state index contributed by atoms with van der Waals surface area (Å²) in [5, 5.41) is 0. The van der Waals surface area contributed by atoms with Gasteiger partial charge in [-0.25, -0.2) is 4.57 Å². The molecule has 0 aliphatic carbocycles. The van der Waals surface area contributed by atoms with Crippen molar-refractivity contribution in [3.05, 3.63) is 102 Å². The Balaban J connectivity index is 1.65. The van der Waals surface area contributed by atoms with Crippen molar-refractivity contribution in [2.75, 3.05) is 0 Å². The number of pyridine rings is 1. The first-order valence-electron chi connectivity index (χ1n) is 9.34. The summed E-state index contributed by atoms with van der Waals surface area (Å²) in [6.45, 7) is 5.58. The van der Waals surface area contributed by atoms with Gasteiger partial charge in [0, 0.05) is 17.7 Å². The van der Waals surface area contributed by atoms with E-state index in [1.807, 2.05) is 0 Å². The van der Waals surface area contributed by atoms with Gasteiger partial charge in [0.1, 0.15) is 0 Å². The molecule has 1 aromatic heterocycles. The molecule has 1 heteroatoms. The Hall–Kier alpha value is -2.41. The van der Waals surface area contributed by atoms with Crippen LogP contribution in [0.4, 0.5) is 0 Å². The van der Waals surface area contributed by atoms with Crippen LogP contribution < -0.4 is 4.57 Å². The molecule has 0 bridgehead atoms. The summed E-state index contributed by atoms with van der Waals surface area (Å²) in [6, 6.07) is 26.3. The molecular weight excluding hydrogens is 302 g/mol.